The highest BCUT2D eigenvalue weighted by Gasteiger charge is 2.07. The molecule has 0 radical (unpaired) electrons. The maximum absolute atomic E-state index is 10.0. The second-order valence-corrected chi connectivity index (χ2v) is 5.05. The number of benzene rings is 1. The summed E-state index contributed by atoms with van der Waals surface area (Å²) in [5, 5.41) is 13.3. The molecule has 4 heteroatoms. The zero-order valence-electron chi connectivity index (χ0n) is 10.1. The fourth-order valence-electron chi connectivity index (χ4n) is 1.74. The molecular weight excluding hydrogens is 292 g/mol. The van der Waals surface area contributed by atoms with Crippen molar-refractivity contribution in [1.29, 1.82) is 0 Å². The van der Waals surface area contributed by atoms with Gasteiger partial charge < -0.3 is 10.4 Å². The summed E-state index contributed by atoms with van der Waals surface area (Å²) in [5.41, 5.74) is 3.05. The highest BCUT2D eigenvalue weighted by atomic mass is 79.9. The molecule has 0 aliphatic heterocycles. The summed E-state index contributed by atoms with van der Waals surface area (Å²) in [5.74, 6) is 0. The lowest BCUT2D eigenvalue weighted by Crippen LogP contribution is -2.12. The topological polar surface area (TPSA) is 45.1 Å². The largest absolute Gasteiger partial charge is 0.387 e. The number of pyridine rings is 1. The van der Waals surface area contributed by atoms with Gasteiger partial charge in [0.2, 0.25) is 0 Å². The monoisotopic (exact) mass is 306 g/mol. The van der Waals surface area contributed by atoms with E-state index in [9.17, 15) is 5.11 Å². The van der Waals surface area contributed by atoms with E-state index in [1.54, 1.807) is 12.4 Å². The Balaban J connectivity index is 1.99. The molecule has 2 rings (SSSR count). The van der Waals surface area contributed by atoms with E-state index in [1.807, 2.05) is 37.3 Å². The predicted molar refractivity (Wildman–Crippen MR) is 76.6 cm³/mol. The SMILES string of the molecule is Cc1cc(Br)ccc1NCC(O)c1ccncc1. The summed E-state index contributed by atoms with van der Waals surface area (Å²) in [6, 6.07) is 9.66. The van der Waals surface area contributed by atoms with E-state index in [-0.39, 0.29) is 0 Å². The molecule has 0 aliphatic rings. The normalized spacial score (nSPS) is 12.2. The standard InChI is InChI=1S/C14H15BrN2O/c1-10-8-12(15)2-3-13(10)17-9-14(18)11-4-6-16-7-5-11/h2-8,14,17-18H,9H2,1H3. The van der Waals surface area contributed by atoms with Crippen molar-refractivity contribution in [2.24, 2.45) is 0 Å². The van der Waals surface area contributed by atoms with Crippen LogP contribution in [-0.4, -0.2) is 16.6 Å². The van der Waals surface area contributed by atoms with E-state index in [2.05, 4.69) is 26.2 Å². The van der Waals surface area contributed by atoms with Crippen LogP contribution in [0.25, 0.3) is 0 Å². The minimum Gasteiger partial charge on any atom is -0.387 e. The van der Waals surface area contributed by atoms with E-state index in [0.29, 0.717) is 6.54 Å². The molecule has 1 heterocycles. The molecule has 0 amide bonds. The molecule has 1 atom stereocenters. The van der Waals surface area contributed by atoms with Crippen molar-refractivity contribution in [3.63, 3.8) is 0 Å². The summed E-state index contributed by atoms with van der Waals surface area (Å²) in [6.45, 7) is 2.51. The quantitative estimate of drug-likeness (QED) is 0.911. The van der Waals surface area contributed by atoms with Crippen LogP contribution in [0.2, 0.25) is 0 Å². The van der Waals surface area contributed by atoms with Crippen molar-refractivity contribution in [3.8, 4) is 0 Å². The predicted octanol–water partition coefficient (Wildman–Crippen LogP) is 3.30. The first-order valence-corrected chi connectivity index (χ1v) is 6.54. The Bertz CT molecular complexity index is 516. The molecule has 0 fully saturated rings. The molecule has 3 nitrogen and oxygen atoms in total. The van der Waals surface area contributed by atoms with E-state index in [4.69, 9.17) is 0 Å². The third kappa shape index (κ3) is 3.31. The number of nitrogens with one attached hydrogen (secondary N) is 1. The number of anilines is 1. The van der Waals surface area contributed by atoms with E-state index in [0.717, 1.165) is 21.3 Å². The molecule has 0 saturated carbocycles. The van der Waals surface area contributed by atoms with Gasteiger partial charge in [-0.1, -0.05) is 15.9 Å². The molecule has 0 aliphatic carbocycles. The van der Waals surface area contributed by atoms with Gasteiger partial charge in [0.25, 0.3) is 0 Å². The second-order valence-electron chi connectivity index (χ2n) is 4.14. The minimum atomic E-state index is -0.531. The molecule has 2 N–H and O–H groups in total. The summed E-state index contributed by atoms with van der Waals surface area (Å²) < 4.78 is 1.06. The zero-order valence-corrected chi connectivity index (χ0v) is 11.7. The number of aliphatic hydroxyl groups is 1. The molecular formula is C14H15BrN2O. The maximum Gasteiger partial charge on any atom is 0.0963 e. The van der Waals surface area contributed by atoms with Crippen LogP contribution in [0.5, 0.6) is 0 Å². The van der Waals surface area contributed by atoms with Crippen molar-refractivity contribution in [2.45, 2.75) is 13.0 Å². The van der Waals surface area contributed by atoms with Crippen molar-refractivity contribution in [2.75, 3.05) is 11.9 Å². The number of aliphatic hydroxyl groups excluding tert-OH is 1. The summed E-state index contributed by atoms with van der Waals surface area (Å²) in [4.78, 5) is 3.93. The van der Waals surface area contributed by atoms with Crippen LogP contribution in [-0.2, 0) is 0 Å². The van der Waals surface area contributed by atoms with Gasteiger partial charge in [0.15, 0.2) is 0 Å². The van der Waals surface area contributed by atoms with Gasteiger partial charge in [0.05, 0.1) is 6.10 Å². The lowest BCUT2D eigenvalue weighted by atomic mass is 10.1. The first-order valence-electron chi connectivity index (χ1n) is 5.75. The molecule has 1 unspecified atom stereocenters. The Morgan fingerprint density at radius 2 is 2.00 bits per heavy atom. The number of halogens is 1. The Morgan fingerprint density at radius 1 is 1.28 bits per heavy atom. The third-order valence-electron chi connectivity index (χ3n) is 2.77. The number of aryl methyl sites for hydroxylation is 1. The molecule has 0 spiro atoms. The highest BCUT2D eigenvalue weighted by Crippen LogP contribution is 2.21. The van der Waals surface area contributed by atoms with Crippen LogP contribution in [0, 0.1) is 6.92 Å². The fraction of sp³-hybridized carbons (Fsp3) is 0.214. The van der Waals surface area contributed by atoms with Gasteiger partial charge in [-0.15, -0.1) is 0 Å². The highest BCUT2D eigenvalue weighted by molar-refractivity contribution is 9.10. The molecule has 0 saturated heterocycles. The van der Waals surface area contributed by atoms with Gasteiger partial charge in [0, 0.05) is 29.1 Å². The van der Waals surface area contributed by atoms with Crippen LogP contribution >= 0.6 is 15.9 Å². The van der Waals surface area contributed by atoms with Crippen LogP contribution < -0.4 is 5.32 Å². The fourth-order valence-corrected chi connectivity index (χ4v) is 2.21. The average molecular weight is 307 g/mol. The molecule has 2 aromatic rings. The maximum atomic E-state index is 10.0. The van der Waals surface area contributed by atoms with Crippen molar-refractivity contribution in [1.82, 2.24) is 4.98 Å². The molecule has 94 valence electrons. The Labute approximate surface area is 115 Å². The Morgan fingerprint density at radius 3 is 2.67 bits per heavy atom. The van der Waals surface area contributed by atoms with E-state index in [1.165, 1.54) is 0 Å². The smallest absolute Gasteiger partial charge is 0.0963 e. The summed E-state index contributed by atoms with van der Waals surface area (Å²) in [6.07, 6.45) is 2.84. The van der Waals surface area contributed by atoms with Gasteiger partial charge in [0.1, 0.15) is 0 Å². The average Bonchev–Trinajstić information content (AvgIpc) is 2.38. The van der Waals surface area contributed by atoms with E-state index < -0.39 is 6.10 Å². The first kappa shape index (κ1) is 13.1. The summed E-state index contributed by atoms with van der Waals surface area (Å²) in [7, 11) is 0. The molecule has 0 bridgehead atoms. The van der Waals surface area contributed by atoms with Crippen molar-refractivity contribution < 1.29 is 5.11 Å². The number of aromatic nitrogens is 1. The van der Waals surface area contributed by atoms with Gasteiger partial charge in [-0.3, -0.25) is 4.98 Å². The second kappa shape index (κ2) is 5.98. The third-order valence-corrected chi connectivity index (χ3v) is 3.26. The van der Waals surface area contributed by atoms with Crippen LogP contribution in [0.15, 0.2) is 47.2 Å². The Kier molecular flexibility index (Phi) is 4.33. The first-order chi connectivity index (χ1) is 8.66. The molecule has 1 aromatic heterocycles. The van der Waals surface area contributed by atoms with Crippen molar-refractivity contribution in [3.05, 3.63) is 58.3 Å². The van der Waals surface area contributed by atoms with Crippen LogP contribution in [0.4, 0.5) is 5.69 Å². The minimum absolute atomic E-state index is 0.479. The van der Waals surface area contributed by atoms with Crippen LogP contribution in [0.3, 0.4) is 0 Å². The van der Waals surface area contributed by atoms with Gasteiger partial charge in [-0.2, -0.15) is 0 Å². The van der Waals surface area contributed by atoms with E-state index >= 15 is 0 Å². The number of hydrogen-bond donors (Lipinski definition) is 2. The summed E-state index contributed by atoms with van der Waals surface area (Å²) >= 11 is 3.43. The number of nitrogens with zero attached hydrogens (tertiary/aromatic N) is 1. The van der Waals surface area contributed by atoms with Gasteiger partial charge in [-0.05, 0) is 48.4 Å². The molecule has 18 heavy (non-hydrogen) atoms. The number of hydrogen-bond acceptors (Lipinski definition) is 3. The van der Waals surface area contributed by atoms with Gasteiger partial charge >= 0.3 is 0 Å². The van der Waals surface area contributed by atoms with Gasteiger partial charge in [-0.25, -0.2) is 0 Å². The number of rotatable bonds is 4. The zero-order chi connectivity index (χ0) is 13.0. The van der Waals surface area contributed by atoms with Crippen LogP contribution in [0.1, 0.15) is 17.2 Å². The van der Waals surface area contributed by atoms with Crippen molar-refractivity contribution >= 4 is 21.6 Å². The lowest BCUT2D eigenvalue weighted by Gasteiger charge is -2.14. The Hall–Kier alpha value is -1.39. The molecule has 1 aromatic carbocycles. The lowest BCUT2D eigenvalue weighted by molar-refractivity contribution is 0.191.